The molecule has 0 aromatic heterocycles. The van der Waals surface area contributed by atoms with Crippen molar-refractivity contribution in [2.75, 3.05) is 26.9 Å². The maximum atomic E-state index is 12.9. The molecule has 0 saturated carbocycles. The van der Waals surface area contributed by atoms with Crippen LogP contribution < -0.4 is 16.0 Å². The second kappa shape index (κ2) is 16.7. The average molecular weight is 521 g/mol. The summed E-state index contributed by atoms with van der Waals surface area (Å²) in [7, 11) is 1.25. The van der Waals surface area contributed by atoms with E-state index in [0.29, 0.717) is 44.7 Å². The lowest BCUT2D eigenvalue weighted by Crippen LogP contribution is -2.51. The van der Waals surface area contributed by atoms with Gasteiger partial charge in [-0.05, 0) is 38.1 Å². The SMILES string of the molecule is C=CCCC(NC(=O)OC)C(=O)NC(CCOCC=C)CN/C=C(\N=C)c1ccc(Br)cc1. The van der Waals surface area contributed by atoms with Crippen molar-refractivity contribution in [3.05, 3.63) is 65.8 Å². The van der Waals surface area contributed by atoms with Gasteiger partial charge < -0.3 is 25.4 Å². The third kappa shape index (κ3) is 11.5. The van der Waals surface area contributed by atoms with E-state index in [4.69, 9.17) is 4.74 Å². The van der Waals surface area contributed by atoms with Gasteiger partial charge in [0.15, 0.2) is 0 Å². The van der Waals surface area contributed by atoms with Crippen LogP contribution >= 0.6 is 15.9 Å². The molecule has 0 spiro atoms. The Labute approximate surface area is 204 Å². The quantitative estimate of drug-likeness (QED) is 0.175. The Morgan fingerprint density at radius 1 is 1.15 bits per heavy atom. The molecule has 33 heavy (non-hydrogen) atoms. The van der Waals surface area contributed by atoms with Crippen LogP contribution in [-0.4, -0.2) is 57.7 Å². The first kappa shape index (κ1) is 28.1. The molecule has 0 aliphatic heterocycles. The standard InChI is InChI=1S/C24H33BrN4O4/c1-5-7-8-21(29-24(31)32-4)23(30)28-20(13-15-33-14-6-2)16-27-17-22(26-3)18-9-11-19(25)12-10-18/h5-6,9-12,17,20-21,27H,1-3,7-8,13-16H2,4H3,(H,28,30)(H,29,31)/b22-17-. The van der Waals surface area contributed by atoms with Gasteiger partial charge in [0.2, 0.25) is 5.91 Å². The summed E-state index contributed by atoms with van der Waals surface area (Å²) in [5, 5.41) is 8.75. The Balaban J connectivity index is 2.84. The highest BCUT2D eigenvalue weighted by Crippen LogP contribution is 2.18. The smallest absolute Gasteiger partial charge is 0.407 e. The number of ether oxygens (including phenoxy) is 2. The number of carbonyl (C=O) groups is 2. The molecule has 2 amide bonds. The fraction of sp³-hybridized carbons (Fsp3) is 0.375. The van der Waals surface area contributed by atoms with E-state index in [1.165, 1.54) is 7.11 Å². The highest BCUT2D eigenvalue weighted by molar-refractivity contribution is 9.10. The van der Waals surface area contributed by atoms with Crippen LogP contribution in [0.4, 0.5) is 4.79 Å². The summed E-state index contributed by atoms with van der Waals surface area (Å²) < 4.78 is 11.1. The summed E-state index contributed by atoms with van der Waals surface area (Å²) in [5.41, 5.74) is 1.58. The Morgan fingerprint density at radius 2 is 1.88 bits per heavy atom. The minimum absolute atomic E-state index is 0.264. The third-order valence-corrected chi connectivity index (χ3v) is 5.09. The van der Waals surface area contributed by atoms with E-state index in [2.05, 4.69) is 61.5 Å². The molecule has 0 aliphatic carbocycles. The van der Waals surface area contributed by atoms with Gasteiger partial charge in [-0.1, -0.05) is 40.2 Å². The summed E-state index contributed by atoms with van der Waals surface area (Å²) in [6, 6.07) is 6.70. The number of nitrogens with one attached hydrogen (secondary N) is 3. The summed E-state index contributed by atoms with van der Waals surface area (Å²) in [5.74, 6) is -0.309. The molecule has 2 atom stereocenters. The van der Waals surface area contributed by atoms with Crippen LogP contribution in [0, 0.1) is 0 Å². The van der Waals surface area contributed by atoms with Gasteiger partial charge in [-0.2, -0.15) is 0 Å². The number of carbonyl (C=O) groups excluding carboxylic acids is 2. The lowest BCUT2D eigenvalue weighted by molar-refractivity contribution is -0.124. The first-order chi connectivity index (χ1) is 15.9. The number of methoxy groups -OCH3 is 1. The molecule has 0 radical (unpaired) electrons. The van der Waals surface area contributed by atoms with E-state index >= 15 is 0 Å². The molecule has 0 saturated heterocycles. The molecular weight excluding hydrogens is 488 g/mol. The first-order valence-corrected chi connectivity index (χ1v) is 11.3. The van der Waals surface area contributed by atoms with E-state index in [1.54, 1.807) is 18.4 Å². The van der Waals surface area contributed by atoms with Gasteiger partial charge in [0.05, 0.1) is 19.4 Å². The fourth-order valence-electron chi connectivity index (χ4n) is 2.81. The molecule has 1 aromatic rings. The summed E-state index contributed by atoms with van der Waals surface area (Å²) >= 11 is 3.41. The van der Waals surface area contributed by atoms with Gasteiger partial charge in [0.1, 0.15) is 6.04 Å². The average Bonchev–Trinajstić information content (AvgIpc) is 2.82. The number of rotatable bonds is 16. The van der Waals surface area contributed by atoms with Crippen molar-refractivity contribution < 1.29 is 19.1 Å². The van der Waals surface area contributed by atoms with Crippen molar-refractivity contribution in [2.24, 2.45) is 4.99 Å². The lowest BCUT2D eigenvalue weighted by atomic mass is 10.1. The summed E-state index contributed by atoms with van der Waals surface area (Å²) in [6.45, 7) is 12.2. The summed E-state index contributed by atoms with van der Waals surface area (Å²) in [4.78, 5) is 28.6. The van der Waals surface area contributed by atoms with Crippen LogP contribution in [0.3, 0.4) is 0 Å². The topological polar surface area (TPSA) is 101 Å². The molecule has 1 aromatic carbocycles. The van der Waals surface area contributed by atoms with Gasteiger partial charge in [-0.3, -0.25) is 9.79 Å². The number of hydrogen-bond acceptors (Lipinski definition) is 6. The number of benzene rings is 1. The van der Waals surface area contributed by atoms with Crippen molar-refractivity contribution in [2.45, 2.75) is 31.3 Å². The highest BCUT2D eigenvalue weighted by atomic mass is 79.9. The van der Waals surface area contributed by atoms with Crippen LogP contribution in [-0.2, 0) is 14.3 Å². The molecule has 180 valence electrons. The van der Waals surface area contributed by atoms with Gasteiger partial charge in [0, 0.05) is 35.4 Å². The molecule has 9 heteroatoms. The molecule has 1 rings (SSSR count). The highest BCUT2D eigenvalue weighted by Gasteiger charge is 2.23. The van der Waals surface area contributed by atoms with Gasteiger partial charge in [0.25, 0.3) is 0 Å². The molecule has 8 nitrogen and oxygen atoms in total. The van der Waals surface area contributed by atoms with Crippen molar-refractivity contribution in [1.82, 2.24) is 16.0 Å². The van der Waals surface area contributed by atoms with Gasteiger partial charge in [-0.25, -0.2) is 4.79 Å². The van der Waals surface area contributed by atoms with E-state index in [9.17, 15) is 9.59 Å². The predicted octanol–water partition coefficient (Wildman–Crippen LogP) is 3.81. The predicted molar refractivity (Wildman–Crippen MR) is 136 cm³/mol. The number of hydrogen-bond donors (Lipinski definition) is 3. The van der Waals surface area contributed by atoms with Crippen LogP contribution in [0.25, 0.3) is 5.70 Å². The van der Waals surface area contributed by atoms with Crippen molar-refractivity contribution >= 4 is 40.3 Å². The maximum Gasteiger partial charge on any atom is 0.407 e. The number of nitrogens with zero attached hydrogens (tertiary/aromatic N) is 1. The minimum atomic E-state index is -0.740. The van der Waals surface area contributed by atoms with Crippen LogP contribution in [0.2, 0.25) is 0 Å². The minimum Gasteiger partial charge on any atom is -0.453 e. The van der Waals surface area contributed by atoms with E-state index < -0.39 is 12.1 Å². The number of alkyl carbamates (subject to hydrolysis) is 1. The van der Waals surface area contributed by atoms with E-state index in [0.717, 1.165) is 10.0 Å². The lowest BCUT2D eigenvalue weighted by Gasteiger charge is -2.23. The second-order valence-corrected chi connectivity index (χ2v) is 7.93. The Hall–Kier alpha value is -2.91. The van der Waals surface area contributed by atoms with Gasteiger partial charge >= 0.3 is 6.09 Å². The van der Waals surface area contributed by atoms with E-state index in [-0.39, 0.29) is 11.9 Å². The molecular formula is C24H33BrN4O4. The number of amides is 2. The second-order valence-electron chi connectivity index (χ2n) is 7.02. The maximum absolute atomic E-state index is 12.9. The van der Waals surface area contributed by atoms with Crippen LogP contribution in [0.15, 0.2) is 65.2 Å². The Bertz CT molecular complexity index is 811. The molecule has 0 bridgehead atoms. The molecule has 0 heterocycles. The third-order valence-electron chi connectivity index (χ3n) is 4.56. The van der Waals surface area contributed by atoms with Gasteiger partial charge in [-0.15, -0.1) is 13.2 Å². The zero-order chi connectivity index (χ0) is 24.5. The zero-order valence-corrected chi connectivity index (χ0v) is 20.6. The largest absolute Gasteiger partial charge is 0.453 e. The molecule has 3 N–H and O–H groups in total. The van der Waals surface area contributed by atoms with Crippen molar-refractivity contribution in [3.63, 3.8) is 0 Å². The molecule has 2 unspecified atom stereocenters. The zero-order valence-electron chi connectivity index (χ0n) is 19.0. The number of allylic oxidation sites excluding steroid dienone is 1. The van der Waals surface area contributed by atoms with E-state index in [1.807, 2.05) is 24.3 Å². The van der Waals surface area contributed by atoms with Crippen LogP contribution in [0.1, 0.15) is 24.8 Å². The summed E-state index contributed by atoms with van der Waals surface area (Å²) in [6.07, 6.45) is 5.98. The molecule has 0 fully saturated rings. The Kier molecular flexibility index (Phi) is 14.2. The number of aliphatic imine (C=N–C) groups is 1. The Morgan fingerprint density at radius 3 is 2.48 bits per heavy atom. The monoisotopic (exact) mass is 520 g/mol. The number of halogens is 1. The fourth-order valence-corrected chi connectivity index (χ4v) is 3.08. The first-order valence-electron chi connectivity index (χ1n) is 10.6. The van der Waals surface area contributed by atoms with Crippen molar-refractivity contribution in [3.8, 4) is 0 Å². The normalized spacial score (nSPS) is 12.7. The van der Waals surface area contributed by atoms with Crippen LogP contribution in [0.5, 0.6) is 0 Å². The van der Waals surface area contributed by atoms with Crippen molar-refractivity contribution in [1.29, 1.82) is 0 Å². The molecule has 0 aliphatic rings.